The molecule has 0 unspecified atom stereocenters. The quantitative estimate of drug-likeness (QED) is 0.710. The van der Waals surface area contributed by atoms with Crippen LogP contribution in [0.4, 0.5) is 0 Å². The molecule has 0 spiro atoms. The van der Waals surface area contributed by atoms with E-state index in [1.54, 1.807) is 18.2 Å². The molecule has 4 heteroatoms. The van der Waals surface area contributed by atoms with Crippen LogP contribution in [-0.2, 0) is 4.79 Å². The molecule has 0 aliphatic rings. The molecule has 0 aromatic heterocycles. The summed E-state index contributed by atoms with van der Waals surface area (Å²) >= 11 is 9.00. The van der Waals surface area contributed by atoms with Crippen molar-refractivity contribution in [2.75, 3.05) is 0 Å². The molecule has 2 nitrogen and oxygen atoms in total. The summed E-state index contributed by atoms with van der Waals surface area (Å²) in [6, 6.07) is 5.14. The number of rotatable bonds is 0. The van der Waals surface area contributed by atoms with Gasteiger partial charge < -0.3 is 5.73 Å². The average molecular weight is 259 g/mol. The van der Waals surface area contributed by atoms with E-state index < -0.39 is 5.91 Å². The van der Waals surface area contributed by atoms with Crippen LogP contribution in [-0.4, -0.2) is 5.91 Å². The molecule has 13 heavy (non-hydrogen) atoms. The lowest BCUT2D eigenvalue weighted by molar-refractivity contribution is -0.112. The molecule has 1 aromatic carbocycles. The molecule has 66 valence electrons. The third-order valence-corrected chi connectivity index (χ3v) is 1.87. The number of carbonyl (C=O) groups is 1. The maximum absolute atomic E-state index is 10.3. The number of carbonyl (C=O) groups excluding carboxylic acids is 1. The molecule has 0 saturated carbocycles. The second-order valence-electron chi connectivity index (χ2n) is 2.27. The number of halogens is 2. The van der Waals surface area contributed by atoms with Crippen molar-refractivity contribution in [2.24, 2.45) is 5.73 Å². The predicted molar refractivity (Wildman–Crippen MR) is 55.2 cm³/mol. The van der Waals surface area contributed by atoms with E-state index in [9.17, 15) is 4.79 Å². The van der Waals surface area contributed by atoms with E-state index in [4.69, 9.17) is 17.3 Å². The number of hydrogen-bond donors (Lipinski definition) is 1. The van der Waals surface area contributed by atoms with Gasteiger partial charge in [0.1, 0.15) is 0 Å². The van der Waals surface area contributed by atoms with Gasteiger partial charge in [0.15, 0.2) is 0 Å². The smallest absolute Gasteiger partial charge is 0.293 e. The highest BCUT2D eigenvalue weighted by atomic mass is 79.9. The van der Waals surface area contributed by atoms with Crippen molar-refractivity contribution >= 4 is 33.4 Å². The fraction of sp³-hybridized carbons (Fsp3) is 0. The van der Waals surface area contributed by atoms with Crippen LogP contribution in [0.2, 0.25) is 5.02 Å². The monoisotopic (exact) mass is 257 g/mol. The zero-order valence-corrected chi connectivity index (χ0v) is 8.82. The molecule has 0 heterocycles. The normalized spacial score (nSPS) is 8.77. The van der Waals surface area contributed by atoms with E-state index in [1.807, 2.05) is 0 Å². The molecule has 1 rings (SSSR count). The van der Waals surface area contributed by atoms with Gasteiger partial charge in [0.2, 0.25) is 0 Å². The molecular weight excluding hydrogens is 253 g/mol. The maximum Gasteiger partial charge on any atom is 0.293 e. The first-order chi connectivity index (χ1) is 6.08. The van der Waals surface area contributed by atoms with E-state index in [0.717, 1.165) is 4.47 Å². The summed E-state index contributed by atoms with van der Waals surface area (Å²) in [5.74, 6) is 4.16. The molecule has 0 fully saturated rings. The Morgan fingerprint density at radius 1 is 1.46 bits per heavy atom. The minimum Gasteiger partial charge on any atom is -0.359 e. The van der Waals surface area contributed by atoms with E-state index in [1.165, 1.54) is 0 Å². The van der Waals surface area contributed by atoms with Crippen molar-refractivity contribution in [3.8, 4) is 11.8 Å². The number of hydrogen-bond acceptors (Lipinski definition) is 1. The minimum atomic E-state index is -0.656. The Morgan fingerprint density at radius 2 is 2.15 bits per heavy atom. The molecule has 0 saturated heterocycles. The van der Waals surface area contributed by atoms with Gasteiger partial charge in [-0.2, -0.15) is 0 Å². The number of nitrogens with two attached hydrogens (primary N) is 1. The van der Waals surface area contributed by atoms with Crippen LogP contribution in [0.1, 0.15) is 5.56 Å². The lowest BCUT2D eigenvalue weighted by Gasteiger charge is -1.93. The van der Waals surface area contributed by atoms with Crippen molar-refractivity contribution < 1.29 is 4.79 Å². The van der Waals surface area contributed by atoms with Gasteiger partial charge in [-0.05, 0) is 24.1 Å². The minimum absolute atomic E-state index is 0.558. The SMILES string of the molecule is NC(=O)C#Cc1cc(Cl)cc(Br)c1. The van der Waals surface area contributed by atoms with Crippen molar-refractivity contribution in [2.45, 2.75) is 0 Å². The van der Waals surface area contributed by atoms with Gasteiger partial charge in [-0.3, -0.25) is 4.79 Å². The summed E-state index contributed by atoms with van der Waals surface area (Å²) in [5, 5.41) is 0.558. The highest BCUT2D eigenvalue weighted by Gasteiger charge is 1.94. The van der Waals surface area contributed by atoms with Crippen LogP contribution in [0.15, 0.2) is 22.7 Å². The number of amides is 1. The second-order valence-corrected chi connectivity index (χ2v) is 3.62. The Balaban J connectivity index is 3.04. The molecule has 0 bridgehead atoms. The Morgan fingerprint density at radius 3 is 2.69 bits per heavy atom. The third-order valence-electron chi connectivity index (χ3n) is 1.19. The lowest BCUT2D eigenvalue weighted by Crippen LogP contribution is -2.06. The first kappa shape index (κ1) is 10.1. The van der Waals surface area contributed by atoms with E-state index in [0.29, 0.717) is 10.6 Å². The topological polar surface area (TPSA) is 43.1 Å². The maximum atomic E-state index is 10.3. The van der Waals surface area contributed by atoms with Gasteiger partial charge in [0, 0.05) is 15.1 Å². The third kappa shape index (κ3) is 3.49. The summed E-state index contributed by atoms with van der Waals surface area (Å²) in [5.41, 5.74) is 5.51. The number of benzene rings is 1. The molecule has 1 amide bonds. The first-order valence-corrected chi connectivity index (χ1v) is 4.52. The van der Waals surface area contributed by atoms with E-state index in [-0.39, 0.29) is 0 Å². The molecule has 0 aliphatic carbocycles. The number of primary amides is 1. The van der Waals surface area contributed by atoms with Crippen LogP contribution >= 0.6 is 27.5 Å². The van der Waals surface area contributed by atoms with Crippen LogP contribution in [0.25, 0.3) is 0 Å². The van der Waals surface area contributed by atoms with E-state index in [2.05, 4.69) is 27.8 Å². The Hall–Kier alpha value is -0.980. The van der Waals surface area contributed by atoms with Crippen LogP contribution in [0.5, 0.6) is 0 Å². The molecular formula is C9H5BrClNO. The Kier molecular flexibility index (Phi) is 3.35. The molecule has 0 aliphatic heterocycles. The largest absolute Gasteiger partial charge is 0.359 e. The lowest BCUT2D eigenvalue weighted by atomic mass is 10.2. The summed E-state index contributed by atoms with van der Waals surface area (Å²) in [6.07, 6.45) is 0. The Labute approximate surface area is 89.2 Å². The summed E-state index contributed by atoms with van der Waals surface area (Å²) < 4.78 is 0.814. The fourth-order valence-electron chi connectivity index (χ4n) is 0.760. The van der Waals surface area contributed by atoms with Crippen molar-refractivity contribution in [1.29, 1.82) is 0 Å². The van der Waals surface area contributed by atoms with Gasteiger partial charge >= 0.3 is 0 Å². The van der Waals surface area contributed by atoms with Crippen LogP contribution < -0.4 is 5.73 Å². The van der Waals surface area contributed by atoms with Crippen molar-refractivity contribution in [1.82, 2.24) is 0 Å². The standard InChI is InChI=1S/C9H5BrClNO/c10-7-3-6(1-2-9(12)13)4-8(11)5-7/h3-5H,(H2,12,13). The summed E-state index contributed by atoms with van der Waals surface area (Å²) in [4.78, 5) is 10.3. The highest BCUT2D eigenvalue weighted by molar-refractivity contribution is 9.10. The Bertz CT molecular complexity index is 386. The van der Waals surface area contributed by atoms with Crippen molar-refractivity contribution in [3.05, 3.63) is 33.3 Å². The molecule has 1 aromatic rings. The van der Waals surface area contributed by atoms with Crippen LogP contribution in [0, 0.1) is 11.8 Å². The van der Waals surface area contributed by atoms with Gasteiger partial charge in [-0.25, -0.2) is 0 Å². The zero-order chi connectivity index (χ0) is 9.84. The summed E-state index contributed by atoms with van der Waals surface area (Å²) in [7, 11) is 0. The highest BCUT2D eigenvalue weighted by Crippen LogP contribution is 2.18. The van der Waals surface area contributed by atoms with Gasteiger partial charge in [-0.15, -0.1) is 0 Å². The zero-order valence-electron chi connectivity index (χ0n) is 6.47. The van der Waals surface area contributed by atoms with Gasteiger partial charge in [0.25, 0.3) is 5.91 Å². The van der Waals surface area contributed by atoms with Gasteiger partial charge in [0.05, 0.1) is 0 Å². The van der Waals surface area contributed by atoms with Crippen LogP contribution in [0.3, 0.4) is 0 Å². The van der Waals surface area contributed by atoms with Gasteiger partial charge in [-0.1, -0.05) is 33.5 Å². The second kappa shape index (κ2) is 4.31. The fourth-order valence-corrected chi connectivity index (χ4v) is 1.62. The summed E-state index contributed by atoms with van der Waals surface area (Å²) in [6.45, 7) is 0. The predicted octanol–water partition coefficient (Wildman–Crippen LogP) is 1.94. The molecule has 2 N–H and O–H groups in total. The molecule has 0 atom stereocenters. The first-order valence-electron chi connectivity index (χ1n) is 3.35. The van der Waals surface area contributed by atoms with Crippen molar-refractivity contribution in [3.63, 3.8) is 0 Å². The average Bonchev–Trinajstić information content (AvgIpc) is 1.99. The van der Waals surface area contributed by atoms with E-state index >= 15 is 0 Å². The molecule has 0 radical (unpaired) electrons.